The Hall–Kier alpha value is -0.820. The molecule has 1 unspecified atom stereocenters. The number of aliphatic hydroxyl groups is 1. The third-order valence-corrected chi connectivity index (χ3v) is 1.66. The van der Waals surface area contributed by atoms with Crippen LogP contribution in [0.3, 0.4) is 0 Å². The average molecular weight is 149 g/mol. The molecule has 0 fully saturated rings. The van der Waals surface area contributed by atoms with Crippen molar-refractivity contribution >= 4 is 0 Å². The first-order chi connectivity index (χ1) is 5.34. The maximum atomic E-state index is 9.48. The Morgan fingerprint density at radius 2 is 1.91 bits per heavy atom. The molecule has 0 saturated heterocycles. The van der Waals surface area contributed by atoms with Crippen LogP contribution in [0.2, 0.25) is 0 Å². The van der Waals surface area contributed by atoms with Crippen LogP contribution in [-0.2, 0) is 0 Å². The Morgan fingerprint density at radius 3 is 2.45 bits per heavy atom. The van der Waals surface area contributed by atoms with Crippen molar-refractivity contribution in [3.8, 4) is 0 Å². The van der Waals surface area contributed by atoms with Crippen LogP contribution in [0.4, 0.5) is 0 Å². The van der Waals surface area contributed by atoms with Crippen LogP contribution in [0.1, 0.15) is 24.5 Å². The van der Waals surface area contributed by atoms with E-state index in [2.05, 4.69) is 6.92 Å². The van der Waals surface area contributed by atoms with Crippen LogP contribution in [0.5, 0.6) is 0 Å². The van der Waals surface area contributed by atoms with E-state index in [0.29, 0.717) is 0 Å². The fourth-order valence-electron chi connectivity index (χ4n) is 1.04. The molecule has 1 N–H and O–H groups in total. The van der Waals surface area contributed by atoms with Crippen LogP contribution in [0.25, 0.3) is 0 Å². The monoisotopic (exact) mass is 149 g/mol. The van der Waals surface area contributed by atoms with Crippen LogP contribution in [-0.4, -0.2) is 5.11 Å². The summed E-state index contributed by atoms with van der Waals surface area (Å²) in [6.07, 6.45) is 1.17. The lowest BCUT2D eigenvalue weighted by Crippen LogP contribution is -1.95. The maximum absolute atomic E-state index is 9.48. The minimum Gasteiger partial charge on any atom is -0.388 e. The molecule has 1 aromatic rings. The second-order valence-corrected chi connectivity index (χ2v) is 2.57. The summed E-state index contributed by atoms with van der Waals surface area (Å²) in [4.78, 5) is 0. The molecule has 1 aromatic carbocycles. The van der Waals surface area contributed by atoms with E-state index < -0.39 is 0 Å². The molecule has 1 atom stereocenters. The molecule has 0 saturated carbocycles. The fourth-order valence-corrected chi connectivity index (χ4v) is 1.04. The second kappa shape index (κ2) is 4.14. The Bertz CT molecular complexity index is 193. The SMILES string of the molecule is [CH2]CCC(O)c1ccccc1. The van der Waals surface area contributed by atoms with Crippen LogP contribution in [0, 0.1) is 6.92 Å². The molecule has 59 valence electrons. The lowest BCUT2D eigenvalue weighted by molar-refractivity contribution is 0.168. The van der Waals surface area contributed by atoms with Gasteiger partial charge in [-0.2, -0.15) is 0 Å². The van der Waals surface area contributed by atoms with Gasteiger partial charge in [-0.05, 0) is 12.0 Å². The van der Waals surface area contributed by atoms with E-state index in [4.69, 9.17) is 0 Å². The van der Waals surface area contributed by atoms with E-state index in [1.807, 2.05) is 30.3 Å². The Balaban J connectivity index is 2.61. The molecule has 1 radical (unpaired) electrons. The predicted molar refractivity (Wildman–Crippen MR) is 46.0 cm³/mol. The van der Waals surface area contributed by atoms with E-state index in [9.17, 15) is 5.11 Å². The lowest BCUT2D eigenvalue weighted by atomic mass is 10.1. The third kappa shape index (κ3) is 2.35. The molecule has 0 bridgehead atoms. The molecule has 0 spiro atoms. The molecular formula is C10H13O. The quantitative estimate of drug-likeness (QED) is 0.699. The summed E-state index contributed by atoms with van der Waals surface area (Å²) in [6, 6.07) is 9.67. The van der Waals surface area contributed by atoms with Crippen LogP contribution < -0.4 is 0 Å². The van der Waals surface area contributed by atoms with Crippen LogP contribution >= 0.6 is 0 Å². The zero-order chi connectivity index (χ0) is 8.10. The Morgan fingerprint density at radius 1 is 1.27 bits per heavy atom. The van der Waals surface area contributed by atoms with Gasteiger partial charge in [-0.1, -0.05) is 43.7 Å². The minimum absolute atomic E-state index is 0.339. The van der Waals surface area contributed by atoms with Gasteiger partial charge in [0.15, 0.2) is 0 Å². The average Bonchev–Trinajstić information content (AvgIpc) is 2.07. The first-order valence-electron chi connectivity index (χ1n) is 3.87. The first-order valence-corrected chi connectivity index (χ1v) is 3.87. The predicted octanol–water partition coefficient (Wildman–Crippen LogP) is 2.33. The summed E-state index contributed by atoms with van der Waals surface area (Å²) in [5.74, 6) is 0. The van der Waals surface area contributed by atoms with Crippen molar-refractivity contribution in [3.63, 3.8) is 0 Å². The molecule has 0 aromatic heterocycles. The van der Waals surface area contributed by atoms with E-state index in [1.54, 1.807) is 0 Å². The van der Waals surface area contributed by atoms with Crippen molar-refractivity contribution in [2.75, 3.05) is 0 Å². The third-order valence-electron chi connectivity index (χ3n) is 1.66. The molecular weight excluding hydrogens is 136 g/mol. The summed E-state index contributed by atoms with van der Waals surface area (Å²) in [5.41, 5.74) is 0.983. The van der Waals surface area contributed by atoms with Crippen molar-refractivity contribution in [1.82, 2.24) is 0 Å². The molecule has 1 heteroatoms. The van der Waals surface area contributed by atoms with Crippen molar-refractivity contribution in [1.29, 1.82) is 0 Å². The van der Waals surface area contributed by atoms with Gasteiger partial charge in [-0.15, -0.1) is 0 Å². The smallest absolute Gasteiger partial charge is 0.0790 e. The van der Waals surface area contributed by atoms with Gasteiger partial charge in [0.2, 0.25) is 0 Å². The number of hydrogen-bond acceptors (Lipinski definition) is 1. The van der Waals surface area contributed by atoms with E-state index in [0.717, 1.165) is 18.4 Å². The highest BCUT2D eigenvalue weighted by atomic mass is 16.3. The van der Waals surface area contributed by atoms with Crippen LogP contribution in [0.15, 0.2) is 30.3 Å². The van der Waals surface area contributed by atoms with Gasteiger partial charge in [-0.3, -0.25) is 0 Å². The van der Waals surface area contributed by atoms with Gasteiger partial charge in [0.25, 0.3) is 0 Å². The van der Waals surface area contributed by atoms with Crippen molar-refractivity contribution in [2.45, 2.75) is 18.9 Å². The first kappa shape index (κ1) is 8.28. The summed E-state index contributed by atoms with van der Waals surface area (Å²) >= 11 is 0. The summed E-state index contributed by atoms with van der Waals surface area (Å²) in [6.45, 7) is 3.69. The largest absolute Gasteiger partial charge is 0.388 e. The van der Waals surface area contributed by atoms with E-state index in [-0.39, 0.29) is 6.10 Å². The minimum atomic E-state index is -0.339. The Kier molecular flexibility index (Phi) is 3.12. The number of benzene rings is 1. The maximum Gasteiger partial charge on any atom is 0.0790 e. The van der Waals surface area contributed by atoms with Gasteiger partial charge in [0, 0.05) is 0 Å². The summed E-state index contributed by atoms with van der Waals surface area (Å²) in [5, 5.41) is 9.48. The standard InChI is InChI=1S/C10H13O/c1-2-6-10(11)9-7-4-3-5-8-9/h3-5,7-8,10-11H,1-2,6H2. The highest BCUT2D eigenvalue weighted by Gasteiger charge is 2.03. The lowest BCUT2D eigenvalue weighted by Gasteiger charge is -2.07. The van der Waals surface area contributed by atoms with Crippen molar-refractivity contribution in [3.05, 3.63) is 42.8 Å². The zero-order valence-corrected chi connectivity index (χ0v) is 6.53. The second-order valence-electron chi connectivity index (χ2n) is 2.57. The van der Waals surface area contributed by atoms with E-state index >= 15 is 0 Å². The van der Waals surface area contributed by atoms with Crippen molar-refractivity contribution < 1.29 is 5.11 Å². The molecule has 0 amide bonds. The number of aliphatic hydroxyl groups excluding tert-OH is 1. The molecule has 0 aliphatic rings. The van der Waals surface area contributed by atoms with Crippen molar-refractivity contribution in [2.24, 2.45) is 0 Å². The number of rotatable bonds is 3. The Labute approximate surface area is 67.7 Å². The van der Waals surface area contributed by atoms with Gasteiger partial charge in [0.1, 0.15) is 0 Å². The van der Waals surface area contributed by atoms with E-state index in [1.165, 1.54) is 0 Å². The molecule has 11 heavy (non-hydrogen) atoms. The molecule has 0 heterocycles. The van der Waals surface area contributed by atoms with Gasteiger partial charge in [-0.25, -0.2) is 0 Å². The zero-order valence-electron chi connectivity index (χ0n) is 6.53. The fraction of sp³-hybridized carbons (Fsp3) is 0.300. The van der Waals surface area contributed by atoms with Gasteiger partial charge < -0.3 is 5.11 Å². The molecule has 0 aliphatic carbocycles. The highest BCUT2D eigenvalue weighted by molar-refractivity contribution is 5.16. The normalized spacial score (nSPS) is 12.9. The highest BCUT2D eigenvalue weighted by Crippen LogP contribution is 2.16. The summed E-state index contributed by atoms with van der Waals surface area (Å²) in [7, 11) is 0. The van der Waals surface area contributed by atoms with Gasteiger partial charge >= 0.3 is 0 Å². The summed E-state index contributed by atoms with van der Waals surface area (Å²) < 4.78 is 0. The molecule has 0 aliphatic heterocycles. The number of hydrogen-bond donors (Lipinski definition) is 1. The molecule has 1 rings (SSSR count). The molecule has 1 nitrogen and oxygen atoms in total. The van der Waals surface area contributed by atoms with Gasteiger partial charge in [0.05, 0.1) is 6.10 Å². The topological polar surface area (TPSA) is 20.2 Å².